The molecule has 162 valence electrons. The van der Waals surface area contributed by atoms with E-state index in [0.717, 1.165) is 58.1 Å². The number of guanidine groups is 1. The lowest BCUT2D eigenvalue weighted by atomic mass is 10.1. The van der Waals surface area contributed by atoms with Crippen molar-refractivity contribution in [3.8, 4) is 0 Å². The van der Waals surface area contributed by atoms with Crippen LogP contribution in [0.5, 0.6) is 0 Å². The molecule has 0 spiro atoms. The molecule has 0 radical (unpaired) electrons. The molecular formula is C24H40N4O. The van der Waals surface area contributed by atoms with E-state index in [0.29, 0.717) is 6.10 Å². The number of ether oxygens (including phenoxy) is 1. The van der Waals surface area contributed by atoms with Crippen molar-refractivity contribution in [2.75, 3.05) is 39.3 Å². The largest absolute Gasteiger partial charge is 0.378 e. The molecule has 0 aromatic heterocycles. The van der Waals surface area contributed by atoms with Crippen LogP contribution >= 0.6 is 0 Å². The van der Waals surface area contributed by atoms with Crippen molar-refractivity contribution in [2.24, 2.45) is 4.99 Å². The topological polar surface area (TPSA) is 40.1 Å². The smallest absolute Gasteiger partial charge is 0.194 e. The van der Waals surface area contributed by atoms with Gasteiger partial charge in [0.15, 0.2) is 5.96 Å². The fraction of sp³-hybridized carbons (Fsp3) is 0.708. The number of aliphatic imine (C=N–C) groups is 1. The number of nitrogens with zero attached hydrogens (tertiary/aromatic N) is 3. The van der Waals surface area contributed by atoms with Crippen LogP contribution in [0.4, 0.5) is 0 Å². The summed E-state index contributed by atoms with van der Waals surface area (Å²) in [5.41, 5.74) is 2.79. The summed E-state index contributed by atoms with van der Waals surface area (Å²) < 4.78 is 5.81. The summed E-state index contributed by atoms with van der Waals surface area (Å²) in [6.45, 7) is 12.3. The maximum atomic E-state index is 5.81. The van der Waals surface area contributed by atoms with Gasteiger partial charge in [-0.2, -0.15) is 0 Å². The number of piperidine rings is 1. The van der Waals surface area contributed by atoms with Gasteiger partial charge in [0.05, 0.1) is 12.6 Å². The second-order valence-corrected chi connectivity index (χ2v) is 8.27. The highest BCUT2D eigenvalue weighted by Gasteiger charge is 2.21. The molecule has 0 aliphatic carbocycles. The van der Waals surface area contributed by atoms with E-state index in [1.165, 1.54) is 49.9 Å². The Hall–Kier alpha value is -1.59. The predicted molar refractivity (Wildman–Crippen MR) is 121 cm³/mol. The maximum absolute atomic E-state index is 5.81. The number of rotatable bonds is 7. The Morgan fingerprint density at radius 1 is 1.00 bits per heavy atom. The summed E-state index contributed by atoms with van der Waals surface area (Å²) >= 11 is 0. The summed E-state index contributed by atoms with van der Waals surface area (Å²) in [6.07, 6.45) is 8.02. The van der Waals surface area contributed by atoms with Gasteiger partial charge in [-0.1, -0.05) is 37.1 Å². The lowest BCUT2D eigenvalue weighted by Gasteiger charge is -2.34. The third-order valence-corrected chi connectivity index (χ3v) is 6.09. The first-order chi connectivity index (χ1) is 14.3. The van der Waals surface area contributed by atoms with Gasteiger partial charge < -0.3 is 15.0 Å². The molecule has 2 saturated heterocycles. The molecule has 5 nitrogen and oxygen atoms in total. The SMILES string of the molecule is CCNC(=NCc1ccccc1CN1CCCCCC1)N1CCC(OCC)CC1. The monoisotopic (exact) mass is 400 g/mol. The number of hydrogen-bond donors (Lipinski definition) is 1. The Labute approximate surface area is 177 Å². The lowest BCUT2D eigenvalue weighted by molar-refractivity contribution is 0.0263. The number of benzene rings is 1. The first-order valence-corrected chi connectivity index (χ1v) is 11.7. The Morgan fingerprint density at radius 2 is 1.69 bits per heavy atom. The zero-order valence-corrected chi connectivity index (χ0v) is 18.5. The quantitative estimate of drug-likeness (QED) is 0.554. The van der Waals surface area contributed by atoms with Crippen molar-refractivity contribution in [3.63, 3.8) is 0 Å². The molecule has 1 aromatic rings. The minimum absolute atomic E-state index is 0.411. The van der Waals surface area contributed by atoms with Crippen LogP contribution < -0.4 is 5.32 Å². The van der Waals surface area contributed by atoms with E-state index in [9.17, 15) is 0 Å². The molecule has 0 unspecified atom stereocenters. The minimum Gasteiger partial charge on any atom is -0.378 e. The molecule has 2 aliphatic rings. The highest BCUT2D eigenvalue weighted by atomic mass is 16.5. The molecule has 2 fully saturated rings. The molecule has 3 rings (SSSR count). The van der Waals surface area contributed by atoms with E-state index in [-0.39, 0.29) is 0 Å². The fourth-order valence-electron chi connectivity index (χ4n) is 4.46. The first kappa shape index (κ1) is 22.1. The predicted octanol–water partition coefficient (Wildman–Crippen LogP) is 4.03. The first-order valence-electron chi connectivity index (χ1n) is 11.7. The Kier molecular flexibility index (Phi) is 9.29. The zero-order chi connectivity index (χ0) is 20.3. The van der Waals surface area contributed by atoms with Crippen molar-refractivity contribution in [1.82, 2.24) is 15.1 Å². The van der Waals surface area contributed by atoms with Gasteiger partial charge in [-0.15, -0.1) is 0 Å². The van der Waals surface area contributed by atoms with E-state index >= 15 is 0 Å². The van der Waals surface area contributed by atoms with Crippen LogP contribution in [0.2, 0.25) is 0 Å². The van der Waals surface area contributed by atoms with E-state index in [4.69, 9.17) is 9.73 Å². The van der Waals surface area contributed by atoms with E-state index in [2.05, 4.69) is 53.2 Å². The van der Waals surface area contributed by atoms with Crippen LogP contribution in [-0.2, 0) is 17.8 Å². The van der Waals surface area contributed by atoms with E-state index < -0.39 is 0 Å². The summed E-state index contributed by atoms with van der Waals surface area (Å²) in [5.74, 6) is 1.05. The highest BCUT2D eigenvalue weighted by molar-refractivity contribution is 5.80. The summed E-state index contributed by atoms with van der Waals surface area (Å²) in [7, 11) is 0. The van der Waals surface area contributed by atoms with Crippen molar-refractivity contribution < 1.29 is 4.74 Å². The zero-order valence-electron chi connectivity index (χ0n) is 18.5. The van der Waals surface area contributed by atoms with Crippen LogP contribution in [0, 0.1) is 0 Å². The molecule has 2 aliphatic heterocycles. The van der Waals surface area contributed by atoms with Crippen LogP contribution in [0.15, 0.2) is 29.3 Å². The van der Waals surface area contributed by atoms with Crippen molar-refractivity contribution in [3.05, 3.63) is 35.4 Å². The van der Waals surface area contributed by atoms with Crippen LogP contribution in [0.1, 0.15) is 63.5 Å². The third-order valence-electron chi connectivity index (χ3n) is 6.09. The van der Waals surface area contributed by atoms with Crippen LogP contribution in [0.25, 0.3) is 0 Å². The van der Waals surface area contributed by atoms with Gasteiger partial charge in [0, 0.05) is 32.8 Å². The van der Waals surface area contributed by atoms with Crippen molar-refractivity contribution in [1.29, 1.82) is 0 Å². The Morgan fingerprint density at radius 3 is 2.34 bits per heavy atom. The summed E-state index contributed by atoms with van der Waals surface area (Å²) in [6, 6.07) is 8.86. The Balaban J connectivity index is 1.63. The lowest BCUT2D eigenvalue weighted by Crippen LogP contribution is -2.47. The van der Waals surface area contributed by atoms with Gasteiger partial charge >= 0.3 is 0 Å². The van der Waals surface area contributed by atoms with Crippen molar-refractivity contribution >= 4 is 5.96 Å². The number of hydrogen-bond acceptors (Lipinski definition) is 3. The van der Waals surface area contributed by atoms with Crippen LogP contribution in [-0.4, -0.2) is 61.2 Å². The Bertz CT molecular complexity index is 617. The fourth-order valence-corrected chi connectivity index (χ4v) is 4.46. The van der Waals surface area contributed by atoms with Crippen LogP contribution in [0.3, 0.4) is 0 Å². The summed E-state index contributed by atoms with van der Waals surface area (Å²) in [4.78, 5) is 10.0. The van der Waals surface area contributed by atoms with Crippen molar-refractivity contribution in [2.45, 2.75) is 71.6 Å². The molecule has 0 bridgehead atoms. The number of nitrogens with one attached hydrogen (secondary N) is 1. The van der Waals surface area contributed by atoms with Gasteiger partial charge in [-0.3, -0.25) is 4.90 Å². The maximum Gasteiger partial charge on any atom is 0.194 e. The molecular weight excluding hydrogens is 360 g/mol. The molecule has 29 heavy (non-hydrogen) atoms. The normalized spacial score (nSPS) is 19.9. The van der Waals surface area contributed by atoms with Gasteiger partial charge in [0.25, 0.3) is 0 Å². The standard InChI is InChI=1S/C24H40N4O/c1-3-25-24(28-17-13-23(14-18-28)29-4-2)26-19-21-11-7-8-12-22(21)20-27-15-9-5-6-10-16-27/h7-8,11-12,23H,3-6,9-10,13-20H2,1-2H3,(H,25,26). The van der Waals surface area contributed by atoms with Gasteiger partial charge in [-0.05, 0) is 63.7 Å². The summed E-state index contributed by atoms with van der Waals surface area (Å²) in [5, 5.41) is 3.50. The average Bonchev–Trinajstić information content (AvgIpc) is 3.02. The van der Waals surface area contributed by atoms with E-state index in [1.54, 1.807) is 0 Å². The average molecular weight is 401 g/mol. The van der Waals surface area contributed by atoms with Gasteiger partial charge in [0.2, 0.25) is 0 Å². The van der Waals surface area contributed by atoms with Gasteiger partial charge in [0.1, 0.15) is 0 Å². The second-order valence-electron chi connectivity index (χ2n) is 8.27. The molecule has 0 atom stereocenters. The molecule has 2 heterocycles. The van der Waals surface area contributed by atoms with E-state index in [1.807, 2.05) is 0 Å². The molecule has 5 heteroatoms. The second kappa shape index (κ2) is 12.2. The molecule has 1 aromatic carbocycles. The molecule has 1 N–H and O–H groups in total. The molecule has 0 amide bonds. The highest BCUT2D eigenvalue weighted by Crippen LogP contribution is 2.18. The third kappa shape index (κ3) is 7.00. The number of likely N-dealkylation sites (tertiary alicyclic amines) is 2. The van der Waals surface area contributed by atoms with Gasteiger partial charge in [-0.25, -0.2) is 4.99 Å². The minimum atomic E-state index is 0.411. The molecule has 0 saturated carbocycles.